The lowest BCUT2D eigenvalue weighted by molar-refractivity contribution is -0.151. The molecule has 0 radical (unpaired) electrons. The SMILES string of the molecule is O=C(O)C1CCC1C(=O)Nc1cccc(Cl)c1SCC(F)F. The number of anilines is 1. The van der Waals surface area contributed by atoms with Gasteiger partial charge in [0.25, 0.3) is 0 Å². The smallest absolute Gasteiger partial charge is 0.307 e. The van der Waals surface area contributed by atoms with Gasteiger partial charge in [-0.1, -0.05) is 17.7 Å². The second-order valence-corrected chi connectivity index (χ2v) is 6.37. The van der Waals surface area contributed by atoms with E-state index in [1.807, 2.05) is 0 Å². The van der Waals surface area contributed by atoms with Gasteiger partial charge in [-0.15, -0.1) is 11.8 Å². The Hall–Kier alpha value is -1.34. The zero-order valence-corrected chi connectivity index (χ0v) is 13.0. The van der Waals surface area contributed by atoms with Crippen molar-refractivity contribution in [1.82, 2.24) is 0 Å². The first-order valence-corrected chi connectivity index (χ1v) is 7.99. The van der Waals surface area contributed by atoms with Crippen LogP contribution in [-0.2, 0) is 9.59 Å². The lowest BCUT2D eigenvalue weighted by Gasteiger charge is -2.32. The lowest BCUT2D eigenvalue weighted by atomic mass is 9.73. The third-order valence-electron chi connectivity index (χ3n) is 3.51. The summed E-state index contributed by atoms with van der Waals surface area (Å²) in [6.07, 6.45) is -1.52. The number of alkyl halides is 2. The predicted molar refractivity (Wildman–Crippen MR) is 80.7 cm³/mol. The first kappa shape index (κ1) is 17.0. The van der Waals surface area contributed by atoms with Gasteiger partial charge in [0.1, 0.15) is 0 Å². The summed E-state index contributed by atoms with van der Waals surface area (Å²) in [5.74, 6) is -3.13. The summed E-state index contributed by atoms with van der Waals surface area (Å²) in [6.45, 7) is 0. The minimum atomic E-state index is -2.49. The van der Waals surface area contributed by atoms with E-state index in [9.17, 15) is 18.4 Å². The number of carboxylic acids is 1. The summed E-state index contributed by atoms with van der Waals surface area (Å²) in [4.78, 5) is 23.5. The van der Waals surface area contributed by atoms with E-state index in [1.54, 1.807) is 18.2 Å². The van der Waals surface area contributed by atoms with E-state index in [2.05, 4.69) is 5.32 Å². The largest absolute Gasteiger partial charge is 0.481 e. The number of hydrogen-bond acceptors (Lipinski definition) is 3. The molecule has 1 fully saturated rings. The van der Waals surface area contributed by atoms with Crippen LogP contribution in [0, 0.1) is 11.8 Å². The highest BCUT2D eigenvalue weighted by Gasteiger charge is 2.41. The minimum Gasteiger partial charge on any atom is -0.481 e. The molecular formula is C14H14ClF2NO3S. The zero-order valence-electron chi connectivity index (χ0n) is 11.4. The Balaban J connectivity index is 2.10. The number of aliphatic carboxylic acids is 1. The molecule has 2 N–H and O–H groups in total. The van der Waals surface area contributed by atoms with Gasteiger partial charge in [0.2, 0.25) is 12.3 Å². The number of carboxylic acid groups (broad SMARTS) is 1. The fraction of sp³-hybridized carbons (Fsp3) is 0.429. The summed E-state index contributed by atoms with van der Waals surface area (Å²) in [7, 11) is 0. The van der Waals surface area contributed by atoms with Gasteiger partial charge in [0.05, 0.1) is 28.3 Å². The summed E-state index contributed by atoms with van der Waals surface area (Å²) < 4.78 is 24.7. The Bertz CT molecular complexity index is 585. The highest BCUT2D eigenvalue weighted by Crippen LogP contribution is 2.38. The Morgan fingerprint density at radius 3 is 2.59 bits per heavy atom. The molecule has 0 bridgehead atoms. The van der Waals surface area contributed by atoms with Crippen LogP contribution in [0.25, 0.3) is 0 Å². The van der Waals surface area contributed by atoms with Crippen LogP contribution >= 0.6 is 23.4 Å². The summed E-state index contributed by atoms with van der Waals surface area (Å²) in [5, 5.41) is 11.9. The summed E-state index contributed by atoms with van der Waals surface area (Å²) in [5.41, 5.74) is 0.333. The van der Waals surface area contributed by atoms with Crippen LogP contribution < -0.4 is 5.32 Å². The van der Waals surface area contributed by atoms with Gasteiger partial charge in [-0.2, -0.15) is 0 Å². The lowest BCUT2D eigenvalue weighted by Crippen LogP contribution is -2.41. The standard InChI is InChI=1S/C14H14ClF2NO3S/c15-9-2-1-3-10(12(9)22-6-11(16)17)18-13(19)7-4-5-8(7)14(20)21/h1-3,7-8,11H,4-6H2,(H,18,19)(H,20,21). The van der Waals surface area contributed by atoms with E-state index in [0.29, 0.717) is 23.4 Å². The maximum Gasteiger partial charge on any atom is 0.307 e. The fourth-order valence-corrected chi connectivity index (χ4v) is 3.35. The molecule has 2 atom stereocenters. The van der Waals surface area contributed by atoms with Crippen molar-refractivity contribution in [3.8, 4) is 0 Å². The van der Waals surface area contributed by atoms with Crippen LogP contribution in [0.3, 0.4) is 0 Å². The highest BCUT2D eigenvalue weighted by atomic mass is 35.5. The van der Waals surface area contributed by atoms with Crippen LogP contribution in [0.4, 0.5) is 14.5 Å². The van der Waals surface area contributed by atoms with Crippen LogP contribution in [0.15, 0.2) is 23.1 Å². The number of amides is 1. The average molecular weight is 350 g/mol. The van der Waals surface area contributed by atoms with E-state index < -0.39 is 35.9 Å². The van der Waals surface area contributed by atoms with Crippen LogP contribution in [0.5, 0.6) is 0 Å². The molecule has 8 heteroatoms. The number of carbonyl (C=O) groups excluding carboxylic acids is 1. The molecule has 1 saturated carbocycles. The molecule has 1 aliphatic carbocycles. The van der Waals surface area contributed by atoms with Crippen molar-refractivity contribution in [2.75, 3.05) is 11.1 Å². The van der Waals surface area contributed by atoms with Crippen LogP contribution in [0.1, 0.15) is 12.8 Å². The maximum absolute atomic E-state index is 12.4. The second kappa shape index (κ2) is 7.28. The molecular weight excluding hydrogens is 336 g/mol. The predicted octanol–water partition coefficient (Wildman–Crippen LogP) is 3.75. The number of halogens is 3. The average Bonchev–Trinajstić information content (AvgIpc) is 2.35. The molecule has 120 valence electrons. The van der Waals surface area contributed by atoms with E-state index >= 15 is 0 Å². The third kappa shape index (κ3) is 3.89. The second-order valence-electron chi connectivity index (χ2n) is 4.94. The molecule has 1 amide bonds. The maximum atomic E-state index is 12.4. The van der Waals surface area contributed by atoms with Gasteiger partial charge in [-0.25, -0.2) is 8.78 Å². The van der Waals surface area contributed by atoms with Crippen molar-refractivity contribution < 1.29 is 23.5 Å². The molecule has 1 aliphatic rings. The number of thioether (sulfide) groups is 1. The Morgan fingerprint density at radius 1 is 1.36 bits per heavy atom. The van der Waals surface area contributed by atoms with Gasteiger partial charge in [-0.05, 0) is 25.0 Å². The molecule has 1 aromatic carbocycles. The minimum absolute atomic E-state index is 0.270. The quantitative estimate of drug-likeness (QED) is 0.768. The first-order valence-electron chi connectivity index (χ1n) is 6.63. The van der Waals surface area contributed by atoms with E-state index in [1.165, 1.54) is 0 Å². The molecule has 22 heavy (non-hydrogen) atoms. The molecule has 0 heterocycles. The Kier molecular flexibility index (Phi) is 5.63. The van der Waals surface area contributed by atoms with Gasteiger partial charge < -0.3 is 10.4 Å². The van der Waals surface area contributed by atoms with E-state index in [-0.39, 0.29) is 5.02 Å². The van der Waals surface area contributed by atoms with Gasteiger partial charge >= 0.3 is 5.97 Å². The van der Waals surface area contributed by atoms with E-state index in [4.69, 9.17) is 16.7 Å². The number of benzene rings is 1. The zero-order chi connectivity index (χ0) is 16.3. The fourth-order valence-electron chi connectivity index (χ4n) is 2.24. The Labute approximate surface area is 135 Å². The number of hydrogen-bond donors (Lipinski definition) is 2. The van der Waals surface area contributed by atoms with Crippen molar-refractivity contribution in [2.24, 2.45) is 11.8 Å². The van der Waals surface area contributed by atoms with Crippen molar-refractivity contribution in [1.29, 1.82) is 0 Å². The van der Waals surface area contributed by atoms with Gasteiger partial charge in [-0.3, -0.25) is 9.59 Å². The van der Waals surface area contributed by atoms with Crippen molar-refractivity contribution >= 4 is 40.9 Å². The molecule has 0 aromatic heterocycles. The topological polar surface area (TPSA) is 66.4 Å². The monoisotopic (exact) mass is 349 g/mol. The van der Waals surface area contributed by atoms with Crippen LogP contribution in [0.2, 0.25) is 5.02 Å². The number of nitrogens with one attached hydrogen (secondary N) is 1. The number of rotatable bonds is 6. The normalized spacial score (nSPS) is 20.5. The van der Waals surface area contributed by atoms with Crippen LogP contribution in [-0.4, -0.2) is 29.2 Å². The van der Waals surface area contributed by atoms with Gasteiger partial charge in [0.15, 0.2) is 0 Å². The molecule has 4 nitrogen and oxygen atoms in total. The molecule has 0 saturated heterocycles. The molecule has 0 spiro atoms. The van der Waals surface area contributed by atoms with Crippen molar-refractivity contribution in [2.45, 2.75) is 24.2 Å². The Morgan fingerprint density at radius 2 is 2.05 bits per heavy atom. The molecule has 0 aliphatic heterocycles. The molecule has 2 rings (SSSR count). The first-order chi connectivity index (χ1) is 10.4. The van der Waals surface area contributed by atoms with Gasteiger partial charge in [0, 0.05) is 4.90 Å². The number of carbonyl (C=O) groups is 2. The highest BCUT2D eigenvalue weighted by molar-refractivity contribution is 7.99. The van der Waals surface area contributed by atoms with E-state index in [0.717, 1.165) is 11.8 Å². The summed E-state index contributed by atoms with van der Waals surface area (Å²) in [6, 6.07) is 4.71. The third-order valence-corrected chi connectivity index (χ3v) is 5.08. The van der Waals surface area contributed by atoms with Crippen molar-refractivity contribution in [3.05, 3.63) is 23.2 Å². The molecule has 1 aromatic rings. The summed E-state index contributed by atoms with van der Waals surface area (Å²) >= 11 is 6.85. The van der Waals surface area contributed by atoms with Crippen molar-refractivity contribution in [3.63, 3.8) is 0 Å². The molecule has 2 unspecified atom stereocenters.